The Hall–Kier alpha value is -2.94. The van der Waals surface area contributed by atoms with Gasteiger partial charge in [-0.2, -0.15) is 0 Å². The van der Waals surface area contributed by atoms with Gasteiger partial charge in [-0.15, -0.1) is 11.3 Å². The van der Waals surface area contributed by atoms with Gasteiger partial charge in [0, 0.05) is 56.3 Å². The minimum Gasteiger partial charge on any atom is -0.356 e. The Morgan fingerprint density at radius 2 is 2.10 bits per heavy atom. The average Bonchev–Trinajstić information content (AvgIpc) is 3.15. The Morgan fingerprint density at radius 1 is 1.31 bits per heavy atom. The molecule has 3 N–H and O–H groups in total. The number of nitrogens with one attached hydrogen (secondary N) is 3. The van der Waals surface area contributed by atoms with E-state index in [1.165, 1.54) is 4.88 Å². The molecule has 29 heavy (non-hydrogen) atoms. The summed E-state index contributed by atoms with van der Waals surface area (Å²) >= 11 is 1.71. The number of aryl methyl sites for hydroxylation is 1. The van der Waals surface area contributed by atoms with Crippen LogP contribution in [0.15, 0.2) is 35.5 Å². The normalized spacial score (nSPS) is 14.5. The van der Waals surface area contributed by atoms with Crippen LogP contribution in [0.5, 0.6) is 0 Å². The first-order valence-electron chi connectivity index (χ1n) is 9.56. The van der Waals surface area contributed by atoms with Crippen molar-refractivity contribution in [3.63, 3.8) is 0 Å². The molecule has 9 heteroatoms. The Bertz CT molecular complexity index is 877. The van der Waals surface area contributed by atoms with Gasteiger partial charge in [0.1, 0.15) is 0 Å². The van der Waals surface area contributed by atoms with Gasteiger partial charge >= 0.3 is 0 Å². The molecule has 8 nitrogen and oxygen atoms in total. The number of benzene rings is 1. The molecule has 0 saturated carbocycles. The molecule has 154 valence electrons. The zero-order chi connectivity index (χ0) is 20.6. The number of carbonyl (C=O) groups is 2. The van der Waals surface area contributed by atoms with Crippen molar-refractivity contribution in [3.05, 3.63) is 51.5 Å². The molecule has 2 amide bonds. The smallest absolute Gasteiger partial charge is 0.254 e. The summed E-state index contributed by atoms with van der Waals surface area (Å²) in [5.74, 6) is 0.487. The van der Waals surface area contributed by atoms with Crippen LogP contribution in [0.3, 0.4) is 0 Å². The molecule has 1 aliphatic rings. The fraction of sp³-hybridized carbons (Fsp3) is 0.400. The van der Waals surface area contributed by atoms with E-state index in [9.17, 15) is 9.59 Å². The number of carbonyl (C=O) groups excluding carboxylic acids is 2. The molecule has 0 aliphatic carbocycles. The first-order valence-corrected chi connectivity index (χ1v) is 10.4. The summed E-state index contributed by atoms with van der Waals surface area (Å²) in [6.07, 6.45) is 2.74. The van der Waals surface area contributed by atoms with E-state index in [-0.39, 0.29) is 18.4 Å². The first-order chi connectivity index (χ1) is 14.0. The van der Waals surface area contributed by atoms with Crippen molar-refractivity contribution >= 4 is 29.1 Å². The maximum absolute atomic E-state index is 12.5. The molecule has 1 aromatic heterocycles. The van der Waals surface area contributed by atoms with Gasteiger partial charge < -0.3 is 20.9 Å². The topological polar surface area (TPSA) is 98.7 Å². The molecule has 1 aliphatic heterocycles. The van der Waals surface area contributed by atoms with Crippen LogP contribution in [-0.4, -0.2) is 60.9 Å². The third-order valence-corrected chi connectivity index (χ3v) is 5.48. The monoisotopic (exact) mass is 414 g/mol. The zero-order valence-electron chi connectivity index (χ0n) is 16.7. The van der Waals surface area contributed by atoms with Crippen LogP contribution in [0.4, 0.5) is 0 Å². The molecular weight excluding hydrogens is 388 g/mol. The van der Waals surface area contributed by atoms with E-state index >= 15 is 0 Å². The Kier molecular flexibility index (Phi) is 7.18. The van der Waals surface area contributed by atoms with Gasteiger partial charge in [-0.1, -0.05) is 12.1 Å². The summed E-state index contributed by atoms with van der Waals surface area (Å²) in [6.45, 7) is 4.55. The molecule has 3 rings (SSSR count). The molecule has 2 aromatic rings. The molecule has 1 fully saturated rings. The summed E-state index contributed by atoms with van der Waals surface area (Å²) in [6, 6.07) is 7.42. The summed E-state index contributed by atoms with van der Waals surface area (Å²) < 4.78 is 0. The second-order valence-electron chi connectivity index (χ2n) is 6.74. The Balaban J connectivity index is 1.46. The molecule has 0 radical (unpaired) electrons. The van der Waals surface area contributed by atoms with Crippen molar-refractivity contribution in [2.75, 3.05) is 33.2 Å². The van der Waals surface area contributed by atoms with Crippen LogP contribution >= 0.6 is 11.3 Å². The Morgan fingerprint density at radius 3 is 2.76 bits per heavy atom. The van der Waals surface area contributed by atoms with Crippen LogP contribution in [-0.2, 0) is 17.8 Å². The van der Waals surface area contributed by atoms with Crippen LogP contribution in [0.1, 0.15) is 25.8 Å². The highest BCUT2D eigenvalue weighted by Gasteiger charge is 2.22. The highest BCUT2D eigenvalue weighted by Crippen LogP contribution is 2.11. The number of amides is 2. The van der Waals surface area contributed by atoms with Crippen molar-refractivity contribution in [2.24, 2.45) is 4.99 Å². The maximum atomic E-state index is 12.5. The molecule has 0 unspecified atom stereocenters. The van der Waals surface area contributed by atoms with Crippen LogP contribution in [0, 0.1) is 6.92 Å². The highest BCUT2D eigenvalue weighted by molar-refractivity contribution is 7.11. The molecular formula is C20H26N6O2S. The number of hydrogen-bond donors (Lipinski definition) is 3. The van der Waals surface area contributed by atoms with Crippen LogP contribution in [0.2, 0.25) is 0 Å². The second-order valence-corrected chi connectivity index (χ2v) is 8.06. The minimum atomic E-state index is -0.116. The number of nitrogens with zero attached hydrogens (tertiary/aromatic N) is 3. The van der Waals surface area contributed by atoms with Crippen molar-refractivity contribution in [1.29, 1.82) is 0 Å². The van der Waals surface area contributed by atoms with E-state index in [1.54, 1.807) is 35.4 Å². The third-order valence-electron chi connectivity index (χ3n) is 4.51. The average molecular weight is 415 g/mol. The zero-order valence-corrected chi connectivity index (χ0v) is 17.5. The fourth-order valence-electron chi connectivity index (χ4n) is 2.97. The van der Waals surface area contributed by atoms with E-state index in [4.69, 9.17) is 0 Å². The fourth-order valence-corrected chi connectivity index (χ4v) is 3.76. The number of guanidine groups is 1. The molecule has 1 saturated heterocycles. The quantitative estimate of drug-likeness (QED) is 0.483. The highest BCUT2D eigenvalue weighted by atomic mass is 32.1. The lowest BCUT2D eigenvalue weighted by Gasteiger charge is -2.26. The SMILES string of the molecule is CN=C(NCCc1ncc(C)s1)NCc1ccc(C(=O)N2CCNC(=O)C2)cc1. The number of aromatic nitrogens is 1. The molecule has 1 aromatic carbocycles. The predicted molar refractivity (Wildman–Crippen MR) is 114 cm³/mol. The first kappa shape index (κ1) is 20.8. The lowest BCUT2D eigenvalue weighted by atomic mass is 10.1. The predicted octanol–water partition coefficient (Wildman–Crippen LogP) is 0.931. The number of rotatable bonds is 6. The van der Waals surface area contributed by atoms with Crippen LogP contribution in [0.25, 0.3) is 0 Å². The lowest BCUT2D eigenvalue weighted by Crippen LogP contribution is -2.49. The van der Waals surface area contributed by atoms with Crippen molar-refractivity contribution in [3.8, 4) is 0 Å². The van der Waals surface area contributed by atoms with Gasteiger partial charge in [0.15, 0.2) is 5.96 Å². The van der Waals surface area contributed by atoms with Crippen molar-refractivity contribution in [1.82, 2.24) is 25.8 Å². The molecule has 0 spiro atoms. The van der Waals surface area contributed by atoms with E-state index in [2.05, 4.69) is 32.9 Å². The van der Waals surface area contributed by atoms with E-state index in [0.717, 1.165) is 29.5 Å². The summed E-state index contributed by atoms with van der Waals surface area (Å²) in [5.41, 5.74) is 1.63. The van der Waals surface area contributed by atoms with Gasteiger partial charge in [0.25, 0.3) is 5.91 Å². The van der Waals surface area contributed by atoms with Gasteiger partial charge in [-0.05, 0) is 24.6 Å². The summed E-state index contributed by atoms with van der Waals surface area (Å²) in [4.78, 5) is 35.3. The van der Waals surface area contributed by atoms with Gasteiger partial charge in [-0.25, -0.2) is 4.98 Å². The maximum Gasteiger partial charge on any atom is 0.254 e. The van der Waals surface area contributed by atoms with E-state index < -0.39 is 0 Å². The van der Waals surface area contributed by atoms with E-state index in [1.807, 2.05) is 18.3 Å². The molecule has 2 heterocycles. The van der Waals surface area contributed by atoms with Gasteiger partial charge in [0.2, 0.25) is 5.91 Å². The number of thiazole rings is 1. The number of aliphatic imine (C=N–C) groups is 1. The second kappa shape index (κ2) is 10.0. The molecule has 0 atom stereocenters. The molecule has 0 bridgehead atoms. The number of hydrogen-bond acceptors (Lipinski definition) is 5. The van der Waals surface area contributed by atoms with Gasteiger partial charge in [-0.3, -0.25) is 14.6 Å². The van der Waals surface area contributed by atoms with E-state index in [0.29, 0.717) is 25.2 Å². The largest absolute Gasteiger partial charge is 0.356 e. The number of piperazine rings is 1. The third kappa shape index (κ3) is 6.02. The Labute approximate surface area is 174 Å². The standard InChI is InChI=1S/C20H26N6O2S/c1-14-11-24-18(29-14)7-8-23-20(21-2)25-12-15-3-5-16(6-4-15)19(28)26-10-9-22-17(27)13-26/h3-6,11H,7-10,12-13H2,1-2H3,(H,22,27)(H2,21,23,25). The minimum absolute atomic E-state index is 0.116. The van der Waals surface area contributed by atoms with Crippen LogP contribution < -0.4 is 16.0 Å². The van der Waals surface area contributed by atoms with Crippen molar-refractivity contribution < 1.29 is 9.59 Å². The summed E-state index contributed by atoms with van der Waals surface area (Å²) in [7, 11) is 1.74. The van der Waals surface area contributed by atoms with Gasteiger partial charge in [0.05, 0.1) is 11.6 Å². The summed E-state index contributed by atoms with van der Waals surface area (Å²) in [5, 5.41) is 10.4. The lowest BCUT2D eigenvalue weighted by molar-refractivity contribution is -0.123. The van der Waals surface area contributed by atoms with Crippen molar-refractivity contribution in [2.45, 2.75) is 19.9 Å².